The molecule has 0 aliphatic heterocycles. The minimum absolute atomic E-state index is 0.203. The van der Waals surface area contributed by atoms with Crippen LogP contribution in [0.2, 0.25) is 0 Å². The molecule has 0 amide bonds. The van der Waals surface area contributed by atoms with Crippen LogP contribution in [0.25, 0.3) is 0 Å². The summed E-state index contributed by atoms with van der Waals surface area (Å²) in [6, 6.07) is 0. The molecule has 0 aliphatic carbocycles. The van der Waals surface area contributed by atoms with E-state index in [-0.39, 0.29) is 6.61 Å². The molecule has 0 spiro atoms. The molecule has 2 heterocycles. The lowest BCUT2D eigenvalue weighted by atomic mass is 10.3. The van der Waals surface area contributed by atoms with Gasteiger partial charge in [-0.05, 0) is 6.92 Å². The first-order chi connectivity index (χ1) is 8.74. The Kier molecular flexibility index (Phi) is 5.00. The number of aryl methyl sites for hydroxylation is 1. The lowest BCUT2D eigenvalue weighted by Crippen LogP contribution is -2.31. The first-order valence-electron chi connectivity index (χ1n) is 5.44. The van der Waals surface area contributed by atoms with Gasteiger partial charge in [0.2, 0.25) is 5.88 Å². The minimum Gasteiger partial charge on any atom is -0.473 e. The van der Waals surface area contributed by atoms with Crippen LogP contribution in [0.5, 0.6) is 5.88 Å². The first-order valence-corrected chi connectivity index (χ1v) is 7.05. The van der Waals surface area contributed by atoms with E-state index in [1.807, 2.05) is 12.3 Å². The molecule has 1 unspecified atom stereocenters. The van der Waals surface area contributed by atoms with Crippen molar-refractivity contribution in [2.75, 3.05) is 13.2 Å². The number of aliphatic hydroxyl groups is 1. The minimum atomic E-state index is -0.577. The van der Waals surface area contributed by atoms with Crippen LogP contribution in [0.1, 0.15) is 10.7 Å². The fourth-order valence-electron chi connectivity index (χ4n) is 1.32. The lowest BCUT2D eigenvalue weighted by Gasteiger charge is -2.10. The van der Waals surface area contributed by atoms with Crippen molar-refractivity contribution in [1.82, 2.24) is 19.0 Å². The van der Waals surface area contributed by atoms with Gasteiger partial charge in [-0.1, -0.05) is 0 Å². The molecule has 98 valence electrons. The van der Waals surface area contributed by atoms with Crippen molar-refractivity contribution in [2.45, 2.75) is 19.6 Å². The van der Waals surface area contributed by atoms with Crippen molar-refractivity contribution in [1.29, 1.82) is 0 Å². The number of nitrogens with one attached hydrogen (secondary N) is 1. The molecule has 0 saturated carbocycles. The zero-order valence-electron chi connectivity index (χ0n) is 9.87. The van der Waals surface area contributed by atoms with E-state index in [2.05, 4.69) is 19.0 Å². The largest absolute Gasteiger partial charge is 0.473 e. The molecule has 0 bridgehead atoms. The van der Waals surface area contributed by atoms with Crippen LogP contribution in [0.15, 0.2) is 11.6 Å². The van der Waals surface area contributed by atoms with Gasteiger partial charge >= 0.3 is 0 Å². The monoisotopic (exact) mass is 286 g/mol. The van der Waals surface area contributed by atoms with Gasteiger partial charge < -0.3 is 15.2 Å². The number of aromatic nitrogens is 3. The zero-order valence-corrected chi connectivity index (χ0v) is 11.5. The highest BCUT2D eigenvalue weighted by molar-refractivity contribution is 7.09. The van der Waals surface area contributed by atoms with Crippen molar-refractivity contribution >= 4 is 23.1 Å². The summed E-state index contributed by atoms with van der Waals surface area (Å²) in [6.45, 7) is 3.28. The van der Waals surface area contributed by atoms with Crippen molar-refractivity contribution in [3.05, 3.63) is 22.3 Å². The third kappa shape index (κ3) is 4.30. The predicted octanol–water partition coefficient (Wildman–Crippen LogP) is 0.833. The number of ether oxygens (including phenoxy) is 1. The normalized spacial score (nSPS) is 12.6. The zero-order chi connectivity index (χ0) is 12.8. The van der Waals surface area contributed by atoms with Gasteiger partial charge in [-0.25, -0.2) is 4.98 Å². The smallest absolute Gasteiger partial charge is 0.245 e. The van der Waals surface area contributed by atoms with E-state index in [4.69, 9.17) is 4.74 Å². The average molecular weight is 286 g/mol. The fraction of sp³-hybridized carbons (Fsp3) is 0.500. The van der Waals surface area contributed by atoms with E-state index in [9.17, 15) is 5.11 Å². The molecule has 6 nitrogen and oxygen atoms in total. The van der Waals surface area contributed by atoms with E-state index < -0.39 is 6.10 Å². The van der Waals surface area contributed by atoms with Crippen molar-refractivity contribution in [2.24, 2.45) is 0 Å². The molecular formula is C10H14N4O2S2. The van der Waals surface area contributed by atoms with Crippen LogP contribution >= 0.6 is 23.1 Å². The molecule has 18 heavy (non-hydrogen) atoms. The molecule has 2 aromatic rings. The summed E-state index contributed by atoms with van der Waals surface area (Å²) >= 11 is 2.70. The molecule has 0 aliphatic rings. The Labute approximate surface area is 113 Å². The Balaban J connectivity index is 1.61. The molecule has 2 N–H and O–H groups in total. The maximum Gasteiger partial charge on any atom is 0.245 e. The fourth-order valence-corrected chi connectivity index (χ4v) is 2.29. The van der Waals surface area contributed by atoms with Crippen LogP contribution in [0, 0.1) is 6.92 Å². The Morgan fingerprint density at radius 3 is 3.11 bits per heavy atom. The molecular weight excluding hydrogens is 272 g/mol. The number of hydrogen-bond donors (Lipinski definition) is 2. The third-order valence-corrected chi connectivity index (χ3v) is 3.40. The molecule has 2 rings (SSSR count). The predicted molar refractivity (Wildman–Crippen MR) is 70.0 cm³/mol. The number of aliphatic hydroxyl groups excluding tert-OH is 1. The average Bonchev–Trinajstić information content (AvgIpc) is 2.98. The Morgan fingerprint density at radius 2 is 2.44 bits per heavy atom. The van der Waals surface area contributed by atoms with Gasteiger partial charge in [0.25, 0.3) is 0 Å². The van der Waals surface area contributed by atoms with Gasteiger partial charge in [0.05, 0.1) is 22.4 Å². The molecule has 2 aromatic heterocycles. The quantitative estimate of drug-likeness (QED) is 0.785. The molecule has 0 fully saturated rings. The van der Waals surface area contributed by atoms with Crippen LogP contribution < -0.4 is 10.1 Å². The highest BCUT2D eigenvalue weighted by Gasteiger charge is 2.06. The second-order valence-corrected chi connectivity index (χ2v) is 5.32. The maximum atomic E-state index is 9.68. The first kappa shape index (κ1) is 13.3. The SMILES string of the molecule is Cc1nc(CNCC(O)COc2cnsn2)cs1. The van der Waals surface area contributed by atoms with Crippen molar-refractivity contribution in [3.8, 4) is 5.88 Å². The van der Waals surface area contributed by atoms with Gasteiger partial charge in [-0.2, -0.15) is 4.37 Å². The Morgan fingerprint density at radius 1 is 1.56 bits per heavy atom. The van der Waals surface area contributed by atoms with E-state index in [1.165, 1.54) is 6.20 Å². The second-order valence-electron chi connectivity index (χ2n) is 3.70. The highest BCUT2D eigenvalue weighted by Crippen LogP contribution is 2.07. The van der Waals surface area contributed by atoms with Crippen LogP contribution in [0.3, 0.4) is 0 Å². The Hall–Kier alpha value is -1.09. The molecule has 8 heteroatoms. The standard InChI is InChI=1S/C10H14N4O2S2/c1-7-13-8(6-17-7)2-11-3-9(15)5-16-10-4-12-18-14-10/h4,6,9,11,15H,2-3,5H2,1H3. The van der Waals surface area contributed by atoms with Crippen LogP contribution in [0.4, 0.5) is 0 Å². The molecule has 0 saturated heterocycles. The van der Waals surface area contributed by atoms with Crippen molar-refractivity contribution in [3.63, 3.8) is 0 Å². The van der Waals surface area contributed by atoms with E-state index in [0.29, 0.717) is 19.0 Å². The number of thiazole rings is 1. The number of rotatable bonds is 7. The molecule has 1 atom stereocenters. The summed E-state index contributed by atoms with van der Waals surface area (Å²) in [6.07, 6.45) is 0.953. The summed E-state index contributed by atoms with van der Waals surface area (Å²) in [5, 5.41) is 15.9. The summed E-state index contributed by atoms with van der Waals surface area (Å²) in [4.78, 5) is 4.32. The maximum absolute atomic E-state index is 9.68. The van der Waals surface area contributed by atoms with Gasteiger partial charge in [0, 0.05) is 18.5 Å². The van der Waals surface area contributed by atoms with Crippen LogP contribution in [-0.2, 0) is 6.54 Å². The Bertz CT molecular complexity index is 460. The van der Waals surface area contributed by atoms with Gasteiger partial charge in [-0.15, -0.1) is 15.7 Å². The van der Waals surface area contributed by atoms with Crippen molar-refractivity contribution < 1.29 is 9.84 Å². The summed E-state index contributed by atoms with van der Waals surface area (Å²) < 4.78 is 12.9. The summed E-state index contributed by atoms with van der Waals surface area (Å²) in [5.74, 6) is 0.453. The molecule has 0 radical (unpaired) electrons. The van der Waals surface area contributed by atoms with Gasteiger partial charge in [0.1, 0.15) is 18.9 Å². The number of hydrogen-bond acceptors (Lipinski definition) is 8. The summed E-state index contributed by atoms with van der Waals surface area (Å²) in [7, 11) is 0. The van der Waals surface area contributed by atoms with Gasteiger partial charge in [0.15, 0.2) is 0 Å². The van der Waals surface area contributed by atoms with Gasteiger partial charge in [-0.3, -0.25) is 0 Å². The lowest BCUT2D eigenvalue weighted by molar-refractivity contribution is 0.104. The van der Waals surface area contributed by atoms with E-state index in [0.717, 1.165) is 22.4 Å². The van der Waals surface area contributed by atoms with Crippen LogP contribution in [-0.4, -0.2) is 38.1 Å². The second kappa shape index (κ2) is 6.74. The van der Waals surface area contributed by atoms with E-state index in [1.54, 1.807) is 11.3 Å². The highest BCUT2D eigenvalue weighted by atomic mass is 32.1. The summed E-state index contributed by atoms with van der Waals surface area (Å²) in [5.41, 5.74) is 0.995. The van der Waals surface area contributed by atoms with E-state index >= 15 is 0 Å². The number of nitrogens with zero attached hydrogens (tertiary/aromatic N) is 3. The third-order valence-electron chi connectivity index (χ3n) is 2.12. The topological polar surface area (TPSA) is 80.2 Å². The molecule has 0 aromatic carbocycles.